The van der Waals surface area contributed by atoms with Gasteiger partial charge in [-0.15, -0.1) is 0 Å². The van der Waals surface area contributed by atoms with Crippen molar-refractivity contribution in [3.8, 4) is 0 Å². The topological polar surface area (TPSA) is 29.5 Å². The minimum Gasteiger partial charge on any atom is -0.377 e. The van der Waals surface area contributed by atoms with E-state index in [0.29, 0.717) is 0 Å². The molecular weight excluding hydrogens is 298 g/mol. The lowest BCUT2D eigenvalue weighted by Gasteiger charge is -2.09. The number of carbonyl (C=O) groups excluding carboxylic acids is 1. The van der Waals surface area contributed by atoms with Crippen LogP contribution in [0.4, 0.5) is 0 Å². The zero-order valence-electron chi connectivity index (χ0n) is 14.9. The highest BCUT2D eigenvalue weighted by Crippen LogP contribution is 2.01. The van der Waals surface area contributed by atoms with E-state index in [-0.39, 0.29) is 0 Å². The van der Waals surface area contributed by atoms with E-state index in [1.165, 1.54) is 17.5 Å². The van der Waals surface area contributed by atoms with Crippen LogP contribution in [-0.2, 0) is 22.6 Å². The Kier molecular flexibility index (Phi) is 11.1. The molecule has 0 aliphatic heterocycles. The van der Waals surface area contributed by atoms with Gasteiger partial charge in [0, 0.05) is 20.2 Å². The van der Waals surface area contributed by atoms with Gasteiger partial charge < -0.3 is 9.64 Å². The van der Waals surface area contributed by atoms with Crippen LogP contribution >= 0.6 is 0 Å². The van der Waals surface area contributed by atoms with Crippen molar-refractivity contribution in [2.75, 3.05) is 20.2 Å². The van der Waals surface area contributed by atoms with E-state index in [4.69, 9.17) is 4.74 Å². The van der Waals surface area contributed by atoms with Crippen LogP contribution in [0.2, 0.25) is 0 Å². The van der Waals surface area contributed by atoms with Crippen LogP contribution in [0.3, 0.4) is 0 Å². The molecule has 0 saturated heterocycles. The van der Waals surface area contributed by atoms with Crippen LogP contribution in [0.5, 0.6) is 0 Å². The van der Waals surface area contributed by atoms with E-state index < -0.39 is 0 Å². The maximum atomic E-state index is 10.3. The highest BCUT2D eigenvalue weighted by molar-refractivity contribution is 5.46. The molecule has 0 fully saturated rings. The molecular formula is C21H29NO2. The Morgan fingerprint density at radius 2 is 1.54 bits per heavy atom. The summed E-state index contributed by atoms with van der Waals surface area (Å²) in [6.45, 7) is 4.59. The van der Waals surface area contributed by atoms with Gasteiger partial charge in [-0.1, -0.05) is 74.0 Å². The molecule has 2 aromatic rings. The van der Waals surface area contributed by atoms with Gasteiger partial charge in [-0.25, -0.2) is 0 Å². The predicted octanol–water partition coefficient (Wildman–Crippen LogP) is 4.32. The summed E-state index contributed by atoms with van der Waals surface area (Å²) in [4.78, 5) is 11.9. The minimum absolute atomic E-state index is 0.751. The molecule has 3 heteroatoms. The molecule has 0 heterocycles. The third-order valence-corrected chi connectivity index (χ3v) is 3.53. The second kappa shape index (κ2) is 13.3. The molecule has 130 valence electrons. The number of hydrogen-bond donors (Lipinski definition) is 0. The number of nitrogens with zero attached hydrogens (tertiary/aromatic N) is 1. The van der Waals surface area contributed by atoms with Gasteiger partial charge >= 0.3 is 0 Å². The summed E-state index contributed by atoms with van der Waals surface area (Å²) in [6.07, 6.45) is 4.14. The minimum atomic E-state index is 0.751. The lowest BCUT2D eigenvalue weighted by Crippen LogP contribution is -2.18. The first-order valence-corrected chi connectivity index (χ1v) is 8.57. The lowest BCUT2D eigenvalue weighted by molar-refractivity contribution is -0.116. The third kappa shape index (κ3) is 9.80. The average molecular weight is 327 g/mol. The van der Waals surface area contributed by atoms with Gasteiger partial charge in [0.05, 0.1) is 6.61 Å². The van der Waals surface area contributed by atoms with Crippen LogP contribution < -0.4 is 0 Å². The van der Waals surface area contributed by atoms with E-state index in [1.807, 2.05) is 36.4 Å². The Bertz CT molecular complexity index is 528. The van der Waals surface area contributed by atoms with Crippen molar-refractivity contribution in [3.63, 3.8) is 0 Å². The van der Waals surface area contributed by atoms with Crippen molar-refractivity contribution in [2.24, 2.45) is 0 Å². The van der Waals surface area contributed by atoms with E-state index in [0.717, 1.165) is 39.0 Å². The normalized spacial score (nSPS) is 9.75. The van der Waals surface area contributed by atoms with E-state index in [9.17, 15) is 4.79 Å². The fraction of sp³-hybridized carbons (Fsp3) is 0.381. The molecule has 24 heavy (non-hydrogen) atoms. The Morgan fingerprint density at radius 3 is 2.08 bits per heavy atom. The number of hydrogen-bond acceptors (Lipinski definition) is 2. The fourth-order valence-corrected chi connectivity index (χ4v) is 2.01. The monoisotopic (exact) mass is 327 g/mol. The Balaban J connectivity index is 0.000000240. The first-order valence-electron chi connectivity index (χ1n) is 8.57. The summed E-state index contributed by atoms with van der Waals surface area (Å²) in [5, 5.41) is 0. The van der Waals surface area contributed by atoms with Gasteiger partial charge in [-0.3, -0.25) is 4.79 Å². The zero-order valence-corrected chi connectivity index (χ0v) is 14.9. The van der Waals surface area contributed by atoms with Crippen LogP contribution in [0, 0.1) is 0 Å². The SMILES string of the molecule is CCCCOCc1ccccc1.CN(C=O)CCc1ccccc1. The molecule has 0 bridgehead atoms. The summed E-state index contributed by atoms with van der Waals surface area (Å²) >= 11 is 0. The number of carbonyl (C=O) groups is 1. The van der Waals surface area contributed by atoms with Gasteiger partial charge in [-0.05, 0) is 24.0 Å². The standard InChI is InChI=1S/C11H16O.C10H13NO/c1-2-3-9-12-10-11-7-5-4-6-8-11;1-11(9-12)8-7-10-5-3-2-4-6-10/h4-8H,2-3,9-10H2,1H3;2-6,9H,7-8H2,1H3. The van der Waals surface area contributed by atoms with Crippen LogP contribution in [-0.4, -0.2) is 31.5 Å². The number of unbranched alkanes of at least 4 members (excludes halogenated alkanes) is 1. The molecule has 0 unspecified atom stereocenters. The number of likely N-dealkylation sites (N-methyl/N-ethyl adjacent to an activating group) is 1. The van der Waals surface area contributed by atoms with Crippen LogP contribution in [0.1, 0.15) is 30.9 Å². The quantitative estimate of drug-likeness (QED) is 0.507. The maximum Gasteiger partial charge on any atom is 0.209 e. The molecule has 0 radical (unpaired) electrons. The van der Waals surface area contributed by atoms with E-state index in [1.54, 1.807) is 11.9 Å². The first kappa shape index (κ1) is 19.9. The summed E-state index contributed by atoms with van der Waals surface area (Å²) in [5.74, 6) is 0. The Labute approximate surface area is 146 Å². The molecule has 2 rings (SSSR count). The second-order valence-corrected chi connectivity index (χ2v) is 5.71. The molecule has 0 aliphatic rings. The lowest BCUT2D eigenvalue weighted by atomic mass is 10.1. The smallest absolute Gasteiger partial charge is 0.209 e. The summed E-state index contributed by atoms with van der Waals surface area (Å²) in [5.41, 5.74) is 2.53. The fourth-order valence-electron chi connectivity index (χ4n) is 2.01. The van der Waals surface area contributed by atoms with Crippen molar-refractivity contribution in [1.29, 1.82) is 0 Å². The number of amides is 1. The largest absolute Gasteiger partial charge is 0.377 e. The van der Waals surface area contributed by atoms with Crippen molar-refractivity contribution < 1.29 is 9.53 Å². The summed E-state index contributed by atoms with van der Waals surface area (Å²) in [7, 11) is 1.79. The van der Waals surface area contributed by atoms with Gasteiger partial charge in [0.25, 0.3) is 0 Å². The number of rotatable bonds is 9. The second-order valence-electron chi connectivity index (χ2n) is 5.71. The van der Waals surface area contributed by atoms with Gasteiger partial charge in [0.15, 0.2) is 0 Å². The van der Waals surface area contributed by atoms with Crippen LogP contribution in [0.25, 0.3) is 0 Å². The maximum absolute atomic E-state index is 10.3. The molecule has 2 aromatic carbocycles. The zero-order chi connectivity index (χ0) is 17.5. The van der Waals surface area contributed by atoms with Crippen molar-refractivity contribution in [2.45, 2.75) is 32.8 Å². The predicted molar refractivity (Wildman–Crippen MR) is 99.8 cm³/mol. The highest BCUT2D eigenvalue weighted by Gasteiger charge is 1.94. The molecule has 0 atom stereocenters. The molecule has 0 N–H and O–H groups in total. The third-order valence-electron chi connectivity index (χ3n) is 3.53. The summed E-state index contributed by atoms with van der Waals surface area (Å²) < 4.78 is 5.46. The first-order chi connectivity index (χ1) is 11.8. The Morgan fingerprint density at radius 1 is 0.958 bits per heavy atom. The van der Waals surface area contributed by atoms with E-state index in [2.05, 4.69) is 31.2 Å². The molecule has 0 aliphatic carbocycles. The average Bonchev–Trinajstić information content (AvgIpc) is 2.65. The molecule has 0 spiro atoms. The Hall–Kier alpha value is -2.13. The van der Waals surface area contributed by atoms with Gasteiger partial charge in [0.2, 0.25) is 6.41 Å². The van der Waals surface area contributed by atoms with Gasteiger partial charge in [0.1, 0.15) is 0 Å². The van der Waals surface area contributed by atoms with Gasteiger partial charge in [-0.2, -0.15) is 0 Å². The summed E-state index contributed by atoms with van der Waals surface area (Å²) in [6, 6.07) is 20.4. The molecule has 1 amide bonds. The molecule has 0 saturated carbocycles. The van der Waals surface area contributed by atoms with Crippen LogP contribution in [0.15, 0.2) is 60.7 Å². The molecule has 3 nitrogen and oxygen atoms in total. The van der Waals surface area contributed by atoms with Crippen molar-refractivity contribution >= 4 is 6.41 Å². The highest BCUT2D eigenvalue weighted by atomic mass is 16.5. The number of ether oxygens (including phenoxy) is 1. The van der Waals surface area contributed by atoms with E-state index >= 15 is 0 Å². The van der Waals surface area contributed by atoms with Crippen molar-refractivity contribution in [3.05, 3.63) is 71.8 Å². The number of benzene rings is 2. The molecule has 0 aromatic heterocycles. The van der Waals surface area contributed by atoms with Crippen molar-refractivity contribution in [1.82, 2.24) is 4.90 Å².